The fourth-order valence-corrected chi connectivity index (χ4v) is 4.08. The molecule has 0 saturated carbocycles. The number of nitriles is 1. The van der Waals surface area contributed by atoms with Crippen molar-refractivity contribution in [1.82, 2.24) is 19.7 Å². The Hall–Kier alpha value is -2.95. The summed E-state index contributed by atoms with van der Waals surface area (Å²) < 4.78 is 2.05. The van der Waals surface area contributed by atoms with Gasteiger partial charge in [0.15, 0.2) is 0 Å². The van der Waals surface area contributed by atoms with Gasteiger partial charge in [0, 0.05) is 17.0 Å². The molecule has 4 rings (SSSR count). The van der Waals surface area contributed by atoms with Gasteiger partial charge in [0.2, 0.25) is 5.16 Å². The molecule has 0 aliphatic heterocycles. The minimum atomic E-state index is 0.389. The number of para-hydroxylation sites is 1. The second-order valence-electron chi connectivity index (χ2n) is 5.40. The molecular formula is C19H13N5S2. The van der Waals surface area contributed by atoms with Crippen molar-refractivity contribution in [3.05, 3.63) is 82.4 Å². The van der Waals surface area contributed by atoms with Crippen LogP contribution in [0.25, 0.3) is 5.69 Å². The predicted molar refractivity (Wildman–Crippen MR) is 102 cm³/mol. The average molecular weight is 375 g/mol. The van der Waals surface area contributed by atoms with Gasteiger partial charge in [-0.15, -0.1) is 21.5 Å². The lowest BCUT2D eigenvalue weighted by molar-refractivity contribution is 0.849. The van der Waals surface area contributed by atoms with Crippen LogP contribution in [0.15, 0.2) is 76.2 Å². The van der Waals surface area contributed by atoms with E-state index in [-0.39, 0.29) is 0 Å². The highest BCUT2D eigenvalue weighted by Gasteiger charge is 2.16. The van der Waals surface area contributed by atoms with Gasteiger partial charge in [-0.05, 0) is 47.5 Å². The summed E-state index contributed by atoms with van der Waals surface area (Å²) >= 11 is 3.11. The number of aromatic nitrogens is 4. The summed E-state index contributed by atoms with van der Waals surface area (Å²) in [5, 5.41) is 21.4. The van der Waals surface area contributed by atoms with Crippen molar-refractivity contribution in [2.45, 2.75) is 16.6 Å². The van der Waals surface area contributed by atoms with Crippen molar-refractivity contribution in [1.29, 1.82) is 5.26 Å². The fourth-order valence-electron chi connectivity index (χ4n) is 2.51. The number of pyridine rings is 1. The van der Waals surface area contributed by atoms with Crippen LogP contribution in [-0.2, 0) is 6.42 Å². The molecular weight excluding hydrogens is 362 g/mol. The number of hydrogen-bond acceptors (Lipinski definition) is 6. The first-order chi connectivity index (χ1) is 12.8. The molecule has 26 heavy (non-hydrogen) atoms. The van der Waals surface area contributed by atoms with E-state index >= 15 is 0 Å². The van der Waals surface area contributed by atoms with E-state index in [0.717, 1.165) is 21.7 Å². The largest absolute Gasteiger partial charge is 0.273 e. The molecule has 0 amide bonds. The highest BCUT2D eigenvalue weighted by Crippen LogP contribution is 2.29. The summed E-state index contributed by atoms with van der Waals surface area (Å²) in [6, 6.07) is 21.6. The minimum absolute atomic E-state index is 0.389. The monoisotopic (exact) mass is 375 g/mol. The smallest absolute Gasteiger partial charge is 0.202 e. The van der Waals surface area contributed by atoms with Crippen molar-refractivity contribution in [3.8, 4) is 11.8 Å². The molecule has 0 fully saturated rings. The first kappa shape index (κ1) is 16.5. The lowest BCUT2D eigenvalue weighted by Crippen LogP contribution is -2.03. The lowest BCUT2D eigenvalue weighted by Gasteiger charge is -2.09. The standard InChI is InChI=1S/C19H13N5S2/c20-13-14-6-4-10-18(21-14)26-19-23-22-17(12-16-9-5-11-25-16)24(19)15-7-2-1-3-8-15/h1-11H,12H2. The first-order valence-electron chi connectivity index (χ1n) is 7.90. The Morgan fingerprint density at radius 1 is 1.00 bits per heavy atom. The normalized spacial score (nSPS) is 10.6. The van der Waals surface area contributed by atoms with Gasteiger partial charge in [0.1, 0.15) is 22.6 Å². The van der Waals surface area contributed by atoms with Crippen LogP contribution in [0.2, 0.25) is 0 Å². The van der Waals surface area contributed by atoms with Crippen LogP contribution in [0.5, 0.6) is 0 Å². The second kappa shape index (κ2) is 7.52. The van der Waals surface area contributed by atoms with Crippen LogP contribution in [-0.4, -0.2) is 19.7 Å². The highest BCUT2D eigenvalue weighted by atomic mass is 32.2. The number of rotatable bonds is 5. The Kier molecular flexibility index (Phi) is 4.78. The van der Waals surface area contributed by atoms with Gasteiger partial charge in [-0.25, -0.2) is 4.98 Å². The van der Waals surface area contributed by atoms with Gasteiger partial charge in [0.25, 0.3) is 0 Å². The maximum Gasteiger partial charge on any atom is 0.202 e. The number of nitrogens with zero attached hydrogens (tertiary/aromatic N) is 5. The van der Waals surface area contributed by atoms with Crippen molar-refractivity contribution < 1.29 is 0 Å². The van der Waals surface area contributed by atoms with E-state index in [1.807, 2.05) is 53.1 Å². The van der Waals surface area contributed by atoms with Crippen molar-refractivity contribution in [2.24, 2.45) is 0 Å². The fraction of sp³-hybridized carbons (Fsp3) is 0.0526. The van der Waals surface area contributed by atoms with Crippen LogP contribution < -0.4 is 0 Å². The maximum atomic E-state index is 9.05. The van der Waals surface area contributed by atoms with E-state index in [1.54, 1.807) is 17.4 Å². The molecule has 0 aliphatic carbocycles. The van der Waals surface area contributed by atoms with Crippen LogP contribution in [0.1, 0.15) is 16.4 Å². The average Bonchev–Trinajstić information content (AvgIpc) is 3.33. The van der Waals surface area contributed by atoms with Gasteiger partial charge in [0.05, 0.1) is 0 Å². The Morgan fingerprint density at radius 3 is 2.65 bits per heavy atom. The molecule has 0 spiro atoms. The van der Waals surface area contributed by atoms with E-state index in [1.165, 1.54) is 16.6 Å². The van der Waals surface area contributed by atoms with E-state index in [2.05, 4.69) is 32.7 Å². The molecule has 3 aromatic heterocycles. The molecule has 0 atom stereocenters. The number of thiophene rings is 1. The molecule has 0 unspecified atom stereocenters. The maximum absolute atomic E-state index is 9.05. The molecule has 1 aromatic carbocycles. The van der Waals surface area contributed by atoms with Crippen LogP contribution in [0, 0.1) is 11.3 Å². The molecule has 0 aliphatic rings. The van der Waals surface area contributed by atoms with Crippen molar-refractivity contribution in [2.75, 3.05) is 0 Å². The van der Waals surface area contributed by atoms with Gasteiger partial charge < -0.3 is 0 Å². The molecule has 7 heteroatoms. The third-order valence-electron chi connectivity index (χ3n) is 3.66. The van der Waals surface area contributed by atoms with Gasteiger partial charge in [-0.1, -0.05) is 30.3 Å². The summed E-state index contributed by atoms with van der Waals surface area (Å²) in [6.07, 6.45) is 0.714. The summed E-state index contributed by atoms with van der Waals surface area (Å²) in [5.74, 6) is 0.873. The van der Waals surface area contributed by atoms with Crippen LogP contribution in [0.4, 0.5) is 0 Å². The third kappa shape index (κ3) is 3.52. The second-order valence-corrected chi connectivity index (χ2v) is 7.42. The van der Waals surface area contributed by atoms with E-state index in [4.69, 9.17) is 5.26 Å². The zero-order valence-electron chi connectivity index (χ0n) is 13.6. The first-order valence-corrected chi connectivity index (χ1v) is 9.60. The number of benzene rings is 1. The Bertz CT molecular complexity index is 1050. The molecule has 126 valence electrons. The zero-order chi connectivity index (χ0) is 17.8. The summed E-state index contributed by atoms with van der Waals surface area (Å²) in [5.41, 5.74) is 1.39. The molecule has 4 aromatic rings. The predicted octanol–water partition coefficient (Wildman–Crippen LogP) is 4.34. The van der Waals surface area contributed by atoms with Crippen LogP contribution >= 0.6 is 23.1 Å². The zero-order valence-corrected chi connectivity index (χ0v) is 15.2. The van der Waals surface area contributed by atoms with Gasteiger partial charge in [-0.3, -0.25) is 4.57 Å². The van der Waals surface area contributed by atoms with E-state index < -0.39 is 0 Å². The summed E-state index contributed by atoms with van der Waals surface area (Å²) in [4.78, 5) is 5.56. The van der Waals surface area contributed by atoms with Crippen molar-refractivity contribution >= 4 is 23.1 Å². The molecule has 0 bridgehead atoms. The quantitative estimate of drug-likeness (QED) is 0.519. The SMILES string of the molecule is N#Cc1cccc(Sc2nnc(Cc3cccs3)n2-c2ccccc2)n1. The topological polar surface area (TPSA) is 67.4 Å². The Balaban J connectivity index is 1.74. The minimum Gasteiger partial charge on any atom is -0.273 e. The van der Waals surface area contributed by atoms with E-state index in [0.29, 0.717) is 12.1 Å². The number of hydrogen-bond donors (Lipinski definition) is 0. The summed E-state index contributed by atoms with van der Waals surface area (Å²) in [6.45, 7) is 0. The molecule has 0 N–H and O–H groups in total. The van der Waals surface area contributed by atoms with Gasteiger partial charge >= 0.3 is 0 Å². The Labute approximate surface area is 159 Å². The highest BCUT2D eigenvalue weighted by molar-refractivity contribution is 7.99. The van der Waals surface area contributed by atoms with E-state index in [9.17, 15) is 0 Å². The molecule has 0 saturated heterocycles. The molecule has 5 nitrogen and oxygen atoms in total. The third-order valence-corrected chi connectivity index (χ3v) is 5.42. The molecule has 0 radical (unpaired) electrons. The Morgan fingerprint density at radius 2 is 1.88 bits per heavy atom. The van der Waals surface area contributed by atoms with Crippen molar-refractivity contribution in [3.63, 3.8) is 0 Å². The summed E-state index contributed by atoms with van der Waals surface area (Å²) in [7, 11) is 0. The van der Waals surface area contributed by atoms with Crippen LogP contribution in [0.3, 0.4) is 0 Å². The van der Waals surface area contributed by atoms with Gasteiger partial charge in [-0.2, -0.15) is 5.26 Å². The molecule has 3 heterocycles. The lowest BCUT2D eigenvalue weighted by atomic mass is 10.3.